The summed E-state index contributed by atoms with van der Waals surface area (Å²) in [5.74, 6) is 2.12. The monoisotopic (exact) mass is 253 g/mol. The molecule has 2 rings (SSSR count). The zero-order valence-electron chi connectivity index (χ0n) is 11.3. The SMILES string of the molecule is COCc1cc(CN2CCC(C)C(CN)C2)no1. The van der Waals surface area contributed by atoms with Crippen molar-refractivity contribution in [3.8, 4) is 0 Å². The van der Waals surface area contributed by atoms with Crippen molar-refractivity contribution in [2.45, 2.75) is 26.5 Å². The summed E-state index contributed by atoms with van der Waals surface area (Å²) in [5.41, 5.74) is 6.79. The molecule has 0 radical (unpaired) electrons. The van der Waals surface area contributed by atoms with Crippen LogP contribution < -0.4 is 5.73 Å². The van der Waals surface area contributed by atoms with Gasteiger partial charge in [0.1, 0.15) is 6.61 Å². The van der Waals surface area contributed by atoms with E-state index in [1.54, 1.807) is 7.11 Å². The van der Waals surface area contributed by atoms with E-state index in [4.69, 9.17) is 15.0 Å². The Morgan fingerprint density at radius 2 is 2.44 bits per heavy atom. The normalized spacial score (nSPS) is 25.5. The van der Waals surface area contributed by atoms with E-state index in [-0.39, 0.29) is 0 Å². The lowest BCUT2D eigenvalue weighted by molar-refractivity contribution is 0.123. The molecule has 5 heteroatoms. The van der Waals surface area contributed by atoms with E-state index in [0.29, 0.717) is 12.5 Å². The maximum Gasteiger partial charge on any atom is 0.162 e. The van der Waals surface area contributed by atoms with Gasteiger partial charge in [-0.05, 0) is 31.3 Å². The molecule has 0 aliphatic carbocycles. The molecule has 0 aromatic carbocycles. The third-order valence-electron chi connectivity index (χ3n) is 3.78. The summed E-state index contributed by atoms with van der Waals surface area (Å²) in [6, 6.07) is 1.97. The van der Waals surface area contributed by atoms with Crippen LogP contribution in [0.15, 0.2) is 10.6 Å². The highest BCUT2D eigenvalue weighted by Crippen LogP contribution is 2.23. The molecule has 1 aliphatic rings. The predicted molar refractivity (Wildman–Crippen MR) is 68.8 cm³/mol. The highest BCUT2D eigenvalue weighted by molar-refractivity contribution is 5.04. The van der Waals surface area contributed by atoms with Crippen LogP contribution in [-0.4, -0.2) is 36.8 Å². The van der Waals surface area contributed by atoms with Crippen LogP contribution in [-0.2, 0) is 17.9 Å². The second kappa shape index (κ2) is 6.31. The van der Waals surface area contributed by atoms with E-state index in [9.17, 15) is 0 Å². The van der Waals surface area contributed by atoms with E-state index in [0.717, 1.165) is 43.6 Å². The van der Waals surface area contributed by atoms with Crippen LogP contribution >= 0.6 is 0 Å². The second-order valence-corrected chi connectivity index (χ2v) is 5.21. The summed E-state index contributed by atoms with van der Waals surface area (Å²) in [4.78, 5) is 2.41. The number of methoxy groups -OCH3 is 1. The van der Waals surface area contributed by atoms with Crippen LogP contribution in [0, 0.1) is 11.8 Å². The minimum atomic E-state index is 0.482. The van der Waals surface area contributed by atoms with E-state index >= 15 is 0 Å². The number of piperidine rings is 1. The minimum Gasteiger partial charge on any atom is -0.377 e. The Bertz CT molecular complexity index is 367. The third-order valence-corrected chi connectivity index (χ3v) is 3.78. The standard InChI is InChI=1S/C13H23N3O2/c1-10-3-4-16(7-11(10)6-14)8-12-5-13(9-17-2)18-15-12/h5,10-11H,3-4,6-9,14H2,1-2H3. The van der Waals surface area contributed by atoms with Gasteiger partial charge in [-0.3, -0.25) is 4.90 Å². The fourth-order valence-corrected chi connectivity index (χ4v) is 2.54. The van der Waals surface area contributed by atoms with Gasteiger partial charge >= 0.3 is 0 Å². The number of likely N-dealkylation sites (tertiary alicyclic amines) is 1. The number of hydrogen-bond donors (Lipinski definition) is 1. The lowest BCUT2D eigenvalue weighted by atomic mass is 9.87. The minimum absolute atomic E-state index is 0.482. The molecular formula is C13H23N3O2. The average molecular weight is 253 g/mol. The van der Waals surface area contributed by atoms with Crippen molar-refractivity contribution in [2.24, 2.45) is 17.6 Å². The average Bonchev–Trinajstić information content (AvgIpc) is 2.80. The van der Waals surface area contributed by atoms with Crippen LogP contribution in [0.2, 0.25) is 0 Å². The fourth-order valence-electron chi connectivity index (χ4n) is 2.54. The summed E-state index contributed by atoms with van der Waals surface area (Å²) in [6.07, 6.45) is 1.21. The number of nitrogens with two attached hydrogens (primary N) is 1. The van der Waals surface area contributed by atoms with E-state index in [2.05, 4.69) is 17.0 Å². The Kier molecular flexibility index (Phi) is 4.74. The molecule has 2 unspecified atom stereocenters. The molecule has 102 valence electrons. The molecule has 2 N–H and O–H groups in total. The molecule has 18 heavy (non-hydrogen) atoms. The molecule has 2 atom stereocenters. The van der Waals surface area contributed by atoms with Crippen molar-refractivity contribution >= 4 is 0 Å². The van der Waals surface area contributed by atoms with Crippen molar-refractivity contribution < 1.29 is 9.26 Å². The topological polar surface area (TPSA) is 64.5 Å². The van der Waals surface area contributed by atoms with Crippen LogP contribution in [0.25, 0.3) is 0 Å². The molecule has 0 amide bonds. The molecule has 1 fully saturated rings. The molecule has 2 heterocycles. The van der Waals surface area contributed by atoms with Crippen molar-refractivity contribution in [1.82, 2.24) is 10.1 Å². The smallest absolute Gasteiger partial charge is 0.162 e. The van der Waals surface area contributed by atoms with Gasteiger partial charge in [-0.25, -0.2) is 0 Å². The van der Waals surface area contributed by atoms with Crippen molar-refractivity contribution in [1.29, 1.82) is 0 Å². The zero-order valence-corrected chi connectivity index (χ0v) is 11.3. The van der Waals surface area contributed by atoms with Crippen molar-refractivity contribution in [3.05, 3.63) is 17.5 Å². The van der Waals surface area contributed by atoms with Gasteiger partial charge in [0, 0.05) is 26.3 Å². The molecule has 5 nitrogen and oxygen atoms in total. The summed E-state index contributed by atoms with van der Waals surface area (Å²) in [5, 5.41) is 4.07. The summed E-state index contributed by atoms with van der Waals surface area (Å²) in [6.45, 7) is 6.56. The van der Waals surface area contributed by atoms with Crippen molar-refractivity contribution in [2.75, 3.05) is 26.7 Å². The first-order valence-corrected chi connectivity index (χ1v) is 6.58. The van der Waals surface area contributed by atoms with Crippen LogP contribution in [0.1, 0.15) is 24.8 Å². The Morgan fingerprint density at radius 3 is 3.17 bits per heavy atom. The maximum absolute atomic E-state index is 5.82. The number of nitrogens with zero attached hydrogens (tertiary/aromatic N) is 2. The van der Waals surface area contributed by atoms with Gasteiger partial charge in [0.25, 0.3) is 0 Å². The van der Waals surface area contributed by atoms with Gasteiger partial charge in [0.05, 0.1) is 5.69 Å². The van der Waals surface area contributed by atoms with Crippen LogP contribution in [0.3, 0.4) is 0 Å². The number of ether oxygens (including phenoxy) is 1. The number of aromatic nitrogens is 1. The summed E-state index contributed by atoms with van der Waals surface area (Å²) in [7, 11) is 1.65. The Balaban J connectivity index is 1.88. The Labute approximate surface area is 108 Å². The van der Waals surface area contributed by atoms with Gasteiger partial charge < -0.3 is 15.0 Å². The lowest BCUT2D eigenvalue weighted by Crippen LogP contribution is -2.42. The first kappa shape index (κ1) is 13.5. The Hall–Kier alpha value is -0.910. The zero-order chi connectivity index (χ0) is 13.0. The molecule has 0 bridgehead atoms. The van der Waals surface area contributed by atoms with Gasteiger partial charge in [0.2, 0.25) is 0 Å². The van der Waals surface area contributed by atoms with E-state index in [1.165, 1.54) is 6.42 Å². The quantitative estimate of drug-likeness (QED) is 0.855. The largest absolute Gasteiger partial charge is 0.377 e. The van der Waals surface area contributed by atoms with Gasteiger partial charge in [-0.15, -0.1) is 0 Å². The van der Waals surface area contributed by atoms with E-state index in [1.807, 2.05) is 6.07 Å². The lowest BCUT2D eigenvalue weighted by Gasteiger charge is -2.36. The Morgan fingerprint density at radius 1 is 1.61 bits per heavy atom. The van der Waals surface area contributed by atoms with E-state index < -0.39 is 0 Å². The molecule has 1 saturated heterocycles. The van der Waals surface area contributed by atoms with Crippen molar-refractivity contribution in [3.63, 3.8) is 0 Å². The van der Waals surface area contributed by atoms with Crippen LogP contribution in [0.4, 0.5) is 0 Å². The number of rotatable bonds is 5. The summed E-state index contributed by atoms with van der Waals surface area (Å²) < 4.78 is 10.2. The predicted octanol–water partition coefficient (Wildman–Crippen LogP) is 1.24. The van der Waals surface area contributed by atoms with Gasteiger partial charge in [-0.2, -0.15) is 0 Å². The fraction of sp³-hybridized carbons (Fsp3) is 0.769. The van der Waals surface area contributed by atoms with Gasteiger partial charge in [-0.1, -0.05) is 12.1 Å². The summed E-state index contributed by atoms with van der Waals surface area (Å²) >= 11 is 0. The maximum atomic E-state index is 5.82. The molecular weight excluding hydrogens is 230 g/mol. The molecule has 0 spiro atoms. The molecule has 1 aliphatic heterocycles. The molecule has 1 aromatic rings. The second-order valence-electron chi connectivity index (χ2n) is 5.21. The van der Waals surface area contributed by atoms with Crippen LogP contribution in [0.5, 0.6) is 0 Å². The molecule has 0 saturated carbocycles. The highest BCUT2D eigenvalue weighted by atomic mass is 16.5. The first-order valence-electron chi connectivity index (χ1n) is 6.58. The number of hydrogen-bond acceptors (Lipinski definition) is 5. The highest BCUT2D eigenvalue weighted by Gasteiger charge is 2.25. The third kappa shape index (κ3) is 3.31. The van der Waals surface area contributed by atoms with Gasteiger partial charge in [0.15, 0.2) is 5.76 Å². The first-order chi connectivity index (χ1) is 8.72. The molecule has 1 aromatic heterocycles.